The third-order valence-corrected chi connectivity index (χ3v) is 4.00. The molecule has 1 fully saturated rings. The van der Waals surface area contributed by atoms with E-state index in [-0.39, 0.29) is 11.5 Å². The summed E-state index contributed by atoms with van der Waals surface area (Å²) in [6, 6.07) is 0. The summed E-state index contributed by atoms with van der Waals surface area (Å²) >= 11 is 0. The highest BCUT2D eigenvalue weighted by molar-refractivity contribution is 7.91. The first-order chi connectivity index (χ1) is 6.46. The number of allylic oxidation sites excluding steroid dienone is 2. The summed E-state index contributed by atoms with van der Waals surface area (Å²) in [4.78, 5) is 2.09. The molecule has 80 valence electrons. The van der Waals surface area contributed by atoms with E-state index < -0.39 is 9.84 Å². The van der Waals surface area contributed by atoms with Crippen LogP contribution in [0.15, 0.2) is 23.9 Å². The molecule has 0 bridgehead atoms. The summed E-state index contributed by atoms with van der Waals surface area (Å²) in [5.74, 6) is 0.523. The van der Waals surface area contributed by atoms with Gasteiger partial charge in [-0.1, -0.05) is 12.2 Å². The van der Waals surface area contributed by atoms with Crippen LogP contribution < -0.4 is 0 Å². The van der Waals surface area contributed by atoms with Crippen molar-refractivity contribution in [2.75, 3.05) is 24.6 Å². The summed E-state index contributed by atoms with van der Waals surface area (Å²) in [7, 11) is -2.78. The first-order valence-electron chi connectivity index (χ1n) is 4.71. The van der Waals surface area contributed by atoms with Crippen molar-refractivity contribution < 1.29 is 8.42 Å². The van der Waals surface area contributed by atoms with E-state index in [0.29, 0.717) is 13.1 Å². The molecular weight excluding hydrogens is 198 g/mol. The molecule has 0 aromatic rings. The molecule has 0 aromatic heterocycles. The Morgan fingerprint density at radius 3 is 2.14 bits per heavy atom. The van der Waals surface area contributed by atoms with E-state index in [1.807, 2.05) is 13.8 Å². The molecule has 0 aromatic carbocycles. The van der Waals surface area contributed by atoms with Crippen molar-refractivity contribution in [1.82, 2.24) is 4.90 Å². The van der Waals surface area contributed by atoms with E-state index in [4.69, 9.17) is 0 Å². The lowest BCUT2D eigenvalue weighted by Gasteiger charge is -2.30. The maximum absolute atomic E-state index is 11.2. The number of hydrogen-bond acceptors (Lipinski definition) is 3. The molecule has 1 aliphatic rings. The molecule has 3 nitrogen and oxygen atoms in total. The molecule has 0 amide bonds. The van der Waals surface area contributed by atoms with Crippen LogP contribution in [0.5, 0.6) is 0 Å². The molecule has 0 radical (unpaired) electrons. The number of hydrogen-bond donors (Lipinski definition) is 0. The molecule has 0 N–H and O–H groups in total. The maximum Gasteiger partial charge on any atom is 0.153 e. The summed E-state index contributed by atoms with van der Waals surface area (Å²) in [6.07, 6.45) is 1.80. The normalized spacial score (nSPS) is 20.3. The zero-order valence-corrected chi connectivity index (χ0v) is 9.60. The molecule has 1 aliphatic heterocycles. The summed E-state index contributed by atoms with van der Waals surface area (Å²) in [6.45, 7) is 8.96. The lowest BCUT2D eigenvalue weighted by Crippen LogP contribution is -2.39. The zero-order valence-electron chi connectivity index (χ0n) is 8.78. The number of rotatable bonds is 2. The van der Waals surface area contributed by atoms with Gasteiger partial charge < -0.3 is 4.90 Å². The average Bonchev–Trinajstić information content (AvgIpc) is 2.08. The second-order valence-corrected chi connectivity index (χ2v) is 6.03. The first-order valence-corrected chi connectivity index (χ1v) is 6.54. The van der Waals surface area contributed by atoms with Crippen molar-refractivity contribution in [2.45, 2.75) is 13.8 Å². The Labute approximate surface area is 86.0 Å². The van der Waals surface area contributed by atoms with Gasteiger partial charge >= 0.3 is 0 Å². The van der Waals surface area contributed by atoms with Gasteiger partial charge in [0.2, 0.25) is 0 Å². The van der Waals surface area contributed by atoms with Crippen LogP contribution in [0.1, 0.15) is 13.8 Å². The molecular formula is C10H17NO2S. The van der Waals surface area contributed by atoms with E-state index in [1.54, 1.807) is 6.08 Å². The molecule has 4 heteroatoms. The van der Waals surface area contributed by atoms with Gasteiger partial charge in [-0.05, 0) is 19.9 Å². The Morgan fingerprint density at radius 2 is 1.79 bits per heavy atom. The maximum atomic E-state index is 11.2. The fourth-order valence-electron chi connectivity index (χ4n) is 1.60. The van der Waals surface area contributed by atoms with Crippen LogP contribution in [0.3, 0.4) is 0 Å². The van der Waals surface area contributed by atoms with Crippen molar-refractivity contribution in [3.8, 4) is 0 Å². The van der Waals surface area contributed by atoms with Crippen LogP contribution in [-0.2, 0) is 9.84 Å². The van der Waals surface area contributed by atoms with Crippen molar-refractivity contribution in [1.29, 1.82) is 0 Å². The largest absolute Gasteiger partial charge is 0.370 e. The van der Waals surface area contributed by atoms with Crippen LogP contribution in [0.25, 0.3) is 0 Å². The van der Waals surface area contributed by atoms with Crippen molar-refractivity contribution in [2.24, 2.45) is 0 Å². The molecule has 1 saturated heterocycles. The minimum atomic E-state index is -2.78. The van der Waals surface area contributed by atoms with Gasteiger partial charge in [-0.15, -0.1) is 0 Å². The topological polar surface area (TPSA) is 37.4 Å². The first kappa shape index (κ1) is 11.3. The third kappa shape index (κ3) is 2.61. The highest BCUT2D eigenvalue weighted by Crippen LogP contribution is 2.15. The fourth-order valence-corrected chi connectivity index (χ4v) is 2.80. The Balaban J connectivity index is 2.76. The van der Waals surface area contributed by atoms with Crippen LogP contribution in [-0.4, -0.2) is 37.9 Å². The minimum absolute atomic E-state index is 0.262. The van der Waals surface area contributed by atoms with E-state index in [2.05, 4.69) is 11.5 Å². The predicted molar refractivity (Wildman–Crippen MR) is 58.8 cm³/mol. The molecule has 0 aliphatic carbocycles. The lowest BCUT2D eigenvalue weighted by molar-refractivity contribution is 0.377. The summed E-state index contributed by atoms with van der Waals surface area (Å²) in [5.41, 5.74) is 2.25. The third-order valence-electron chi connectivity index (χ3n) is 2.39. The fraction of sp³-hybridized carbons (Fsp3) is 0.600. The van der Waals surface area contributed by atoms with Gasteiger partial charge in [-0.25, -0.2) is 8.42 Å². The minimum Gasteiger partial charge on any atom is -0.370 e. The van der Waals surface area contributed by atoms with Crippen molar-refractivity contribution >= 4 is 9.84 Å². The zero-order chi connectivity index (χ0) is 10.8. The average molecular weight is 215 g/mol. The van der Waals surface area contributed by atoms with Gasteiger partial charge in [0.05, 0.1) is 11.5 Å². The standard InChI is InChI=1S/C10H17NO2S/c1-4-10(9(2)3)11-5-7-14(12,13)8-6-11/h4H,1,5-8H2,2-3H3. The van der Waals surface area contributed by atoms with E-state index in [9.17, 15) is 8.42 Å². The second-order valence-electron chi connectivity index (χ2n) is 3.73. The Morgan fingerprint density at radius 1 is 1.29 bits per heavy atom. The van der Waals surface area contributed by atoms with Crippen LogP contribution in [0.4, 0.5) is 0 Å². The molecule has 0 unspecified atom stereocenters. The molecule has 14 heavy (non-hydrogen) atoms. The van der Waals surface area contributed by atoms with Crippen LogP contribution in [0.2, 0.25) is 0 Å². The molecule has 0 atom stereocenters. The van der Waals surface area contributed by atoms with Gasteiger partial charge in [0, 0.05) is 18.8 Å². The van der Waals surface area contributed by atoms with Crippen molar-refractivity contribution in [3.05, 3.63) is 23.9 Å². The number of sulfone groups is 1. The smallest absolute Gasteiger partial charge is 0.153 e. The molecule has 0 spiro atoms. The van der Waals surface area contributed by atoms with E-state index in [0.717, 1.165) is 5.70 Å². The highest BCUT2D eigenvalue weighted by Gasteiger charge is 2.22. The quantitative estimate of drug-likeness (QED) is 0.649. The SMILES string of the molecule is C=CC(=C(C)C)N1CCS(=O)(=O)CC1. The van der Waals surface area contributed by atoms with Gasteiger partial charge in [0.25, 0.3) is 0 Å². The van der Waals surface area contributed by atoms with Gasteiger partial charge in [-0.2, -0.15) is 0 Å². The summed E-state index contributed by atoms with van der Waals surface area (Å²) < 4.78 is 22.4. The van der Waals surface area contributed by atoms with Crippen LogP contribution in [0, 0.1) is 0 Å². The number of nitrogens with zero attached hydrogens (tertiary/aromatic N) is 1. The lowest BCUT2D eigenvalue weighted by atomic mass is 10.2. The van der Waals surface area contributed by atoms with E-state index in [1.165, 1.54) is 5.57 Å². The molecule has 1 rings (SSSR count). The highest BCUT2D eigenvalue weighted by atomic mass is 32.2. The van der Waals surface area contributed by atoms with Gasteiger partial charge in [0.1, 0.15) is 0 Å². The van der Waals surface area contributed by atoms with E-state index >= 15 is 0 Å². The van der Waals surface area contributed by atoms with Crippen molar-refractivity contribution in [3.63, 3.8) is 0 Å². The molecule has 0 saturated carbocycles. The summed E-state index contributed by atoms with van der Waals surface area (Å²) in [5, 5.41) is 0. The molecule has 1 heterocycles. The monoisotopic (exact) mass is 215 g/mol. The Kier molecular flexibility index (Phi) is 3.37. The van der Waals surface area contributed by atoms with Gasteiger partial charge in [-0.3, -0.25) is 0 Å². The second kappa shape index (κ2) is 4.17. The Hall–Kier alpha value is -0.770. The van der Waals surface area contributed by atoms with Crippen LogP contribution >= 0.6 is 0 Å². The van der Waals surface area contributed by atoms with Gasteiger partial charge in [0.15, 0.2) is 9.84 Å². The Bertz CT molecular complexity index is 336. The predicted octanol–water partition coefficient (Wildman–Crippen LogP) is 1.20.